The largest absolute Gasteiger partial charge is 0.458 e. The summed E-state index contributed by atoms with van der Waals surface area (Å²) in [6.45, 7) is 0.518. The highest BCUT2D eigenvalue weighted by atomic mass is 16.5. The summed E-state index contributed by atoms with van der Waals surface area (Å²) in [7, 11) is 0. The van der Waals surface area contributed by atoms with Gasteiger partial charge >= 0.3 is 5.97 Å². The Labute approximate surface area is 218 Å². The second-order valence-corrected chi connectivity index (χ2v) is 9.57. The molecule has 188 valence electrons. The van der Waals surface area contributed by atoms with Crippen molar-refractivity contribution >= 4 is 5.97 Å². The molecule has 0 heterocycles. The van der Waals surface area contributed by atoms with Gasteiger partial charge in [0.05, 0.1) is 12.2 Å². The minimum atomic E-state index is -0.792. The van der Waals surface area contributed by atoms with Gasteiger partial charge in [0.15, 0.2) is 0 Å². The van der Waals surface area contributed by atoms with E-state index in [0.29, 0.717) is 25.0 Å². The van der Waals surface area contributed by atoms with Gasteiger partial charge in [0, 0.05) is 12.5 Å². The Balaban J connectivity index is 1.41. The molecule has 4 aromatic carbocycles. The molecular formula is C33H32O4. The van der Waals surface area contributed by atoms with E-state index < -0.39 is 5.60 Å². The third-order valence-electron chi connectivity index (χ3n) is 7.40. The summed E-state index contributed by atoms with van der Waals surface area (Å²) in [5.41, 5.74) is 2.91. The van der Waals surface area contributed by atoms with Crippen molar-refractivity contribution in [3.63, 3.8) is 0 Å². The molecule has 1 aliphatic carbocycles. The van der Waals surface area contributed by atoms with Gasteiger partial charge in [-0.05, 0) is 47.6 Å². The second-order valence-electron chi connectivity index (χ2n) is 9.57. The van der Waals surface area contributed by atoms with Crippen molar-refractivity contribution in [2.45, 2.75) is 24.5 Å². The van der Waals surface area contributed by atoms with Crippen LogP contribution in [0.4, 0.5) is 0 Å². The van der Waals surface area contributed by atoms with Crippen LogP contribution in [-0.2, 0) is 15.1 Å². The van der Waals surface area contributed by atoms with Gasteiger partial charge in [-0.1, -0.05) is 109 Å². The molecule has 0 spiro atoms. The second kappa shape index (κ2) is 11.5. The summed E-state index contributed by atoms with van der Waals surface area (Å²) in [6.07, 6.45) is 1.04. The quantitative estimate of drug-likeness (QED) is 0.210. The van der Waals surface area contributed by atoms with Crippen molar-refractivity contribution in [3.05, 3.63) is 144 Å². The summed E-state index contributed by atoms with van der Waals surface area (Å²) in [6, 6.07) is 40.0. The number of carbonyl (C=O) groups is 1. The lowest BCUT2D eigenvalue weighted by molar-refractivity contribution is -0.110. The Bertz CT molecular complexity index is 1160. The molecule has 3 atom stereocenters. The number of aliphatic hydroxyl groups excluding tert-OH is 1. The molecule has 0 aromatic heterocycles. The molecule has 0 saturated heterocycles. The maximum atomic E-state index is 12.7. The first-order chi connectivity index (χ1) is 18.2. The first-order valence-electron chi connectivity index (χ1n) is 12.9. The first-order valence-corrected chi connectivity index (χ1v) is 12.9. The predicted molar refractivity (Wildman–Crippen MR) is 144 cm³/mol. The molecule has 0 unspecified atom stereocenters. The maximum Gasteiger partial charge on any atom is 0.338 e. The lowest BCUT2D eigenvalue weighted by Crippen LogP contribution is -2.48. The highest BCUT2D eigenvalue weighted by molar-refractivity contribution is 5.89. The molecule has 37 heavy (non-hydrogen) atoms. The fourth-order valence-electron chi connectivity index (χ4n) is 5.43. The third kappa shape index (κ3) is 5.22. The van der Waals surface area contributed by atoms with Crippen molar-refractivity contribution < 1.29 is 19.4 Å². The number of hydrogen-bond donors (Lipinski definition) is 1. The number of carbonyl (C=O) groups excluding carboxylic acids is 1. The molecule has 4 nitrogen and oxygen atoms in total. The van der Waals surface area contributed by atoms with Gasteiger partial charge < -0.3 is 14.6 Å². The molecule has 5 rings (SSSR count). The maximum absolute atomic E-state index is 12.7. The van der Waals surface area contributed by atoms with Crippen LogP contribution in [-0.4, -0.2) is 30.4 Å². The molecule has 0 amide bonds. The number of esters is 1. The van der Waals surface area contributed by atoms with Gasteiger partial charge in [0.1, 0.15) is 11.7 Å². The Morgan fingerprint density at radius 3 is 1.65 bits per heavy atom. The number of ether oxygens (including phenoxy) is 2. The van der Waals surface area contributed by atoms with Crippen LogP contribution in [0.5, 0.6) is 0 Å². The standard InChI is InChI=1S/C33H32O4/c34-22-21-30-26(23-31(30)37-32(35)25-13-5-1-6-14-25)24-36-33(27-15-7-2-8-16-27,28-17-9-3-10-18-28)29-19-11-4-12-20-29/h1-20,26,30-31,34H,21-24H2/t26-,30+,31-/m0/s1. The lowest BCUT2D eigenvalue weighted by atomic mass is 9.69. The fourth-order valence-corrected chi connectivity index (χ4v) is 5.43. The van der Waals surface area contributed by atoms with Gasteiger partial charge in [0.25, 0.3) is 0 Å². The van der Waals surface area contributed by atoms with E-state index in [2.05, 4.69) is 36.4 Å². The normalized spacial score (nSPS) is 19.1. The molecule has 1 aliphatic rings. The van der Waals surface area contributed by atoms with Gasteiger partial charge in [0.2, 0.25) is 0 Å². The van der Waals surface area contributed by atoms with Crippen molar-refractivity contribution in [3.8, 4) is 0 Å². The van der Waals surface area contributed by atoms with Crippen LogP contribution in [0.1, 0.15) is 39.9 Å². The monoisotopic (exact) mass is 492 g/mol. The van der Waals surface area contributed by atoms with E-state index in [-0.39, 0.29) is 30.5 Å². The minimum Gasteiger partial charge on any atom is -0.458 e. The first kappa shape index (κ1) is 24.9. The molecule has 1 saturated carbocycles. The van der Waals surface area contributed by atoms with Crippen LogP contribution in [0.3, 0.4) is 0 Å². The topological polar surface area (TPSA) is 55.8 Å². The molecular weight excluding hydrogens is 460 g/mol. The zero-order valence-electron chi connectivity index (χ0n) is 20.8. The van der Waals surface area contributed by atoms with Gasteiger partial charge in [-0.3, -0.25) is 0 Å². The van der Waals surface area contributed by atoms with Crippen LogP contribution >= 0.6 is 0 Å². The van der Waals surface area contributed by atoms with Crippen molar-refractivity contribution in [2.75, 3.05) is 13.2 Å². The molecule has 0 aliphatic heterocycles. The van der Waals surface area contributed by atoms with Gasteiger partial charge in [-0.2, -0.15) is 0 Å². The van der Waals surface area contributed by atoms with E-state index in [1.807, 2.05) is 72.8 Å². The highest BCUT2D eigenvalue weighted by Gasteiger charge is 2.46. The van der Waals surface area contributed by atoms with E-state index >= 15 is 0 Å². The fraction of sp³-hybridized carbons (Fsp3) is 0.242. The Morgan fingerprint density at radius 1 is 0.730 bits per heavy atom. The van der Waals surface area contributed by atoms with E-state index in [0.717, 1.165) is 16.7 Å². The van der Waals surface area contributed by atoms with E-state index in [1.165, 1.54) is 0 Å². The minimum absolute atomic E-state index is 0.0395. The molecule has 1 fully saturated rings. The van der Waals surface area contributed by atoms with Gasteiger partial charge in [-0.15, -0.1) is 0 Å². The summed E-state index contributed by atoms with van der Waals surface area (Å²) in [4.78, 5) is 12.7. The Kier molecular flexibility index (Phi) is 7.79. The zero-order chi connectivity index (χ0) is 25.5. The molecule has 4 heteroatoms. The lowest BCUT2D eigenvalue weighted by Gasteiger charge is -2.46. The highest BCUT2D eigenvalue weighted by Crippen LogP contribution is 2.45. The van der Waals surface area contributed by atoms with E-state index in [4.69, 9.17) is 9.47 Å². The summed E-state index contributed by atoms with van der Waals surface area (Å²) in [5.74, 6) is -0.117. The van der Waals surface area contributed by atoms with Crippen LogP contribution < -0.4 is 0 Å². The third-order valence-corrected chi connectivity index (χ3v) is 7.40. The predicted octanol–water partition coefficient (Wildman–Crippen LogP) is 6.24. The smallest absolute Gasteiger partial charge is 0.338 e. The number of benzene rings is 4. The average Bonchev–Trinajstić information content (AvgIpc) is 2.97. The van der Waals surface area contributed by atoms with Gasteiger partial charge in [-0.25, -0.2) is 4.79 Å². The molecule has 1 N–H and O–H groups in total. The zero-order valence-corrected chi connectivity index (χ0v) is 20.8. The summed E-state index contributed by atoms with van der Waals surface area (Å²) < 4.78 is 12.8. The van der Waals surface area contributed by atoms with Crippen molar-refractivity contribution in [1.29, 1.82) is 0 Å². The van der Waals surface area contributed by atoms with Crippen LogP contribution in [0.25, 0.3) is 0 Å². The molecule has 4 aromatic rings. The average molecular weight is 493 g/mol. The SMILES string of the molecule is O=C(O[C@H]1C[C@@H](COC(c2ccccc2)(c2ccccc2)c2ccccc2)[C@H]1CCO)c1ccccc1. The Hall–Kier alpha value is -3.73. The van der Waals surface area contributed by atoms with Crippen molar-refractivity contribution in [1.82, 2.24) is 0 Å². The number of rotatable bonds is 10. The van der Waals surface area contributed by atoms with Crippen LogP contribution in [0, 0.1) is 11.8 Å². The van der Waals surface area contributed by atoms with Crippen molar-refractivity contribution in [2.24, 2.45) is 11.8 Å². The summed E-state index contributed by atoms with van der Waals surface area (Å²) >= 11 is 0. The molecule has 0 bridgehead atoms. The molecule has 0 radical (unpaired) electrons. The number of hydrogen-bond acceptors (Lipinski definition) is 4. The van der Waals surface area contributed by atoms with Crippen LogP contribution in [0.2, 0.25) is 0 Å². The van der Waals surface area contributed by atoms with E-state index in [9.17, 15) is 9.90 Å². The summed E-state index contributed by atoms with van der Waals surface area (Å²) in [5, 5.41) is 9.77. The van der Waals surface area contributed by atoms with Crippen LogP contribution in [0.15, 0.2) is 121 Å². The number of aliphatic hydroxyl groups is 1. The Morgan fingerprint density at radius 2 is 1.19 bits per heavy atom. The van der Waals surface area contributed by atoms with E-state index in [1.54, 1.807) is 12.1 Å².